The van der Waals surface area contributed by atoms with Crippen molar-refractivity contribution in [3.63, 3.8) is 0 Å². The van der Waals surface area contributed by atoms with E-state index in [9.17, 15) is 4.79 Å². The molecule has 4 heteroatoms. The van der Waals surface area contributed by atoms with E-state index in [1.807, 2.05) is 78.9 Å². The standard InChI is InChI=1S/C26H18N2OS/c27-23-22-20(17-10-4-1-5-11-17)16-21(18-12-6-2-7-13-18)28-26(22)30-25(23)24(29)19-14-8-3-9-15-19/h1-16H,27H2. The molecule has 0 atom stereocenters. The first-order valence-corrected chi connectivity index (χ1v) is 10.5. The van der Waals surface area contributed by atoms with Crippen molar-refractivity contribution >= 4 is 33.0 Å². The smallest absolute Gasteiger partial charge is 0.205 e. The molecule has 0 amide bonds. The minimum absolute atomic E-state index is 0.0728. The Morgan fingerprint density at radius 1 is 0.767 bits per heavy atom. The Morgan fingerprint density at radius 3 is 1.97 bits per heavy atom. The number of fused-ring (bicyclic) bond motifs is 1. The molecule has 2 heterocycles. The van der Waals surface area contributed by atoms with Gasteiger partial charge in [0.25, 0.3) is 0 Å². The molecule has 0 aliphatic carbocycles. The largest absolute Gasteiger partial charge is 0.397 e. The summed E-state index contributed by atoms with van der Waals surface area (Å²) in [5.41, 5.74) is 11.6. The fourth-order valence-corrected chi connectivity index (χ4v) is 4.69. The maximum atomic E-state index is 13.1. The van der Waals surface area contributed by atoms with E-state index in [0.29, 0.717) is 16.1 Å². The first-order chi connectivity index (χ1) is 14.7. The topological polar surface area (TPSA) is 56.0 Å². The number of hydrogen-bond acceptors (Lipinski definition) is 4. The fourth-order valence-electron chi connectivity index (χ4n) is 3.61. The normalized spacial score (nSPS) is 10.9. The van der Waals surface area contributed by atoms with E-state index in [1.165, 1.54) is 11.3 Å². The van der Waals surface area contributed by atoms with E-state index >= 15 is 0 Å². The summed E-state index contributed by atoms with van der Waals surface area (Å²) in [5.74, 6) is -0.0728. The predicted octanol–water partition coefficient (Wildman–Crippen LogP) is 6.44. The highest BCUT2D eigenvalue weighted by atomic mass is 32.1. The van der Waals surface area contributed by atoms with Crippen molar-refractivity contribution in [2.45, 2.75) is 0 Å². The van der Waals surface area contributed by atoms with Gasteiger partial charge in [0, 0.05) is 16.5 Å². The highest BCUT2D eigenvalue weighted by Crippen LogP contribution is 2.41. The number of aromatic nitrogens is 1. The molecule has 5 rings (SSSR count). The minimum Gasteiger partial charge on any atom is -0.397 e. The number of anilines is 1. The van der Waals surface area contributed by atoms with Crippen LogP contribution < -0.4 is 5.73 Å². The van der Waals surface area contributed by atoms with Crippen molar-refractivity contribution in [1.29, 1.82) is 0 Å². The summed E-state index contributed by atoms with van der Waals surface area (Å²) in [6, 6.07) is 31.5. The van der Waals surface area contributed by atoms with E-state index in [2.05, 4.69) is 18.2 Å². The number of pyridine rings is 1. The number of hydrogen-bond donors (Lipinski definition) is 1. The first-order valence-electron chi connectivity index (χ1n) is 9.66. The SMILES string of the molecule is Nc1c(C(=O)c2ccccc2)sc2nc(-c3ccccc3)cc(-c3ccccc3)c12. The molecule has 0 radical (unpaired) electrons. The molecule has 2 N–H and O–H groups in total. The van der Waals surface area contributed by atoms with E-state index in [0.717, 1.165) is 32.6 Å². The molecule has 0 bridgehead atoms. The zero-order valence-corrected chi connectivity index (χ0v) is 16.9. The van der Waals surface area contributed by atoms with Crippen LogP contribution >= 0.6 is 11.3 Å². The fraction of sp³-hybridized carbons (Fsp3) is 0. The summed E-state index contributed by atoms with van der Waals surface area (Å²) in [6.07, 6.45) is 0. The van der Waals surface area contributed by atoms with Crippen molar-refractivity contribution in [2.75, 3.05) is 5.73 Å². The summed E-state index contributed by atoms with van der Waals surface area (Å²) >= 11 is 1.36. The van der Waals surface area contributed by atoms with Gasteiger partial charge in [-0.05, 0) is 17.2 Å². The molecule has 30 heavy (non-hydrogen) atoms. The molecule has 0 unspecified atom stereocenters. The lowest BCUT2D eigenvalue weighted by Crippen LogP contribution is -2.01. The maximum absolute atomic E-state index is 13.1. The molecule has 0 spiro atoms. The van der Waals surface area contributed by atoms with Gasteiger partial charge in [0.1, 0.15) is 9.71 Å². The zero-order chi connectivity index (χ0) is 20.5. The molecular weight excluding hydrogens is 388 g/mol. The quantitative estimate of drug-likeness (QED) is 0.349. The van der Waals surface area contributed by atoms with Crippen molar-refractivity contribution < 1.29 is 4.79 Å². The van der Waals surface area contributed by atoms with Gasteiger partial charge in [0.15, 0.2) is 0 Å². The number of thiophene rings is 1. The van der Waals surface area contributed by atoms with E-state index < -0.39 is 0 Å². The highest BCUT2D eigenvalue weighted by molar-refractivity contribution is 7.21. The van der Waals surface area contributed by atoms with Crippen LogP contribution in [0.1, 0.15) is 15.2 Å². The third kappa shape index (κ3) is 3.17. The van der Waals surface area contributed by atoms with Crippen LogP contribution in [0.15, 0.2) is 97.1 Å². The molecule has 144 valence electrons. The van der Waals surface area contributed by atoms with Crippen molar-refractivity contribution in [2.24, 2.45) is 0 Å². The Morgan fingerprint density at radius 2 is 1.33 bits per heavy atom. The molecule has 5 aromatic rings. The van der Waals surface area contributed by atoms with Crippen LogP contribution in [0.3, 0.4) is 0 Å². The van der Waals surface area contributed by atoms with Gasteiger partial charge in [-0.1, -0.05) is 91.0 Å². The summed E-state index contributed by atoms with van der Waals surface area (Å²) in [4.78, 5) is 19.3. The average Bonchev–Trinajstić information content (AvgIpc) is 3.16. The molecule has 0 aliphatic heterocycles. The molecule has 2 aromatic heterocycles. The second-order valence-corrected chi connectivity index (χ2v) is 8.01. The van der Waals surface area contributed by atoms with Crippen molar-refractivity contribution in [3.8, 4) is 22.4 Å². The lowest BCUT2D eigenvalue weighted by atomic mass is 9.99. The lowest BCUT2D eigenvalue weighted by molar-refractivity contribution is 0.104. The van der Waals surface area contributed by atoms with Crippen LogP contribution in [-0.2, 0) is 0 Å². The van der Waals surface area contributed by atoms with Crippen molar-refractivity contribution in [1.82, 2.24) is 4.98 Å². The second-order valence-electron chi connectivity index (χ2n) is 7.01. The van der Waals surface area contributed by atoms with Gasteiger partial charge in [0.05, 0.1) is 11.4 Å². The second kappa shape index (κ2) is 7.58. The Labute approximate surface area is 178 Å². The van der Waals surface area contributed by atoms with Gasteiger partial charge in [0.2, 0.25) is 5.78 Å². The maximum Gasteiger partial charge on any atom is 0.205 e. The molecule has 0 saturated heterocycles. The molecule has 3 nitrogen and oxygen atoms in total. The number of nitrogens with two attached hydrogens (primary N) is 1. The molecule has 3 aromatic carbocycles. The third-order valence-electron chi connectivity index (χ3n) is 5.10. The summed E-state index contributed by atoms with van der Waals surface area (Å²) in [6.45, 7) is 0. The number of nitrogens with zero attached hydrogens (tertiary/aromatic N) is 1. The van der Waals surface area contributed by atoms with Crippen LogP contribution in [0.4, 0.5) is 5.69 Å². The van der Waals surface area contributed by atoms with Crippen LogP contribution in [-0.4, -0.2) is 10.8 Å². The monoisotopic (exact) mass is 406 g/mol. The number of carbonyl (C=O) groups is 1. The van der Waals surface area contributed by atoms with Gasteiger partial charge >= 0.3 is 0 Å². The highest BCUT2D eigenvalue weighted by Gasteiger charge is 2.22. The van der Waals surface area contributed by atoms with E-state index in [1.54, 1.807) is 0 Å². The Hall–Kier alpha value is -3.76. The number of ketones is 1. The minimum atomic E-state index is -0.0728. The molecule has 0 saturated carbocycles. The number of rotatable bonds is 4. The van der Waals surface area contributed by atoms with Gasteiger partial charge < -0.3 is 5.73 Å². The number of nitrogen functional groups attached to an aromatic ring is 1. The molecule has 0 fully saturated rings. The van der Waals surface area contributed by atoms with Gasteiger partial charge in [-0.15, -0.1) is 11.3 Å². The number of benzene rings is 3. The predicted molar refractivity (Wildman–Crippen MR) is 125 cm³/mol. The van der Waals surface area contributed by atoms with Crippen LogP contribution in [0.5, 0.6) is 0 Å². The van der Waals surface area contributed by atoms with Crippen LogP contribution in [0.25, 0.3) is 32.6 Å². The van der Waals surface area contributed by atoms with Gasteiger partial charge in [-0.3, -0.25) is 4.79 Å². The third-order valence-corrected chi connectivity index (χ3v) is 6.19. The zero-order valence-electron chi connectivity index (χ0n) is 16.1. The number of carbonyl (C=O) groups excluding carboxylic acids is 1. The molecule has 0 aliphatic rings. The lowest BCUT2D eigenvalue weighted by Gasteiger charge is -2.09. The van der Waals surface area contributed by atoms with Crippen LogP contribution in [0, 0.1) is 0 Å². The first kappa shape index (κ1) is 18.3. The summed E-state index contributed by atoms with van der Waals surface area (Å²) < 4.78 is 0. The Balaban J connectivity index is 1.77. The summed E-state index contributed by atoms with van der Waals surface area (Å²) in [5, 5.41) is 0.838. The van der Waals surface area contributed by atoms with E-state index in [-0.39, 0.29) is 5.78 Å². The Kier molecular flexibility index (Phi) is 4.62. The van der Waals surface area contributed by atoms with Gasteiger partial charge in [-0.2, -0.15) is 0 Å². The average molecular weight is 407 g/mol. The molecular formula is C26H18N2OS. The Bertz CT molecular complexity index is 1340. The van der Waals surface area contributed by atoms with E-state index in [4.69, 9.17) is 10.7 Å². The van der Waals surface area contributed by atoms with Crippen molar-refractivity contribution in [3.05, 3.63) is 108 Å². The van der Waals surface area contributed by atoms with Gasteiger partial charge in [-0.25, -0.2) is 4.98 Å². The summed E-state index contributed by atoms with van der Waals surface area (Å²) in [7, 11) is 0. The van der Waals surface area contributed by atoms with Crippen LogP contribution in [0.2, 0.25) is 0 Å².